The molecule has 1 aliphatic rings. The van der Waals surface area contributed by atoms with E-state index in [0.717, 1.165) is 6.42 Å². The summed E-state index contributed by atoms with van der Waals surface area (Å²) in [5.41, 5.74) is 0.835. The molecule has 7 nitrogen and oxygen atoms in total. The van der Waals surface area contributed by atoms with Crippen LogP contribution >= 0.6 is 0 Å². The third-order valence-corrected chi connectivity index (χ3v) is 6.29. The quantitative estimate of drug-likeness (QED) is 0.620. The van der Waals surface area contributed by atoms with Crippen molar-refractivity contribution in [2.45, 2.75) is 45.2 Å². The Bertz CT molecular complexity index is 1000. The number of piperidine rings is 1. The molecule has 0 aromatic heterocycles. The molecule has 2 atom stereocenters. The number of nitrogens with zero attached hydrogens (tertiary/aromatic N) is 1. The molecule has 8 heteroatoms. The molecule has 0 saturated carbocycles. The molecule has 1 saturated heterocycles. The van der Waals surface area contributed by atoms with Crippen LogP contribution in [0.2, 0.25) is 0 Å². The molecule has 0 spiro atoms. The van der Waals surface area contributed by atoms with Gasteiger partial charge in [-0.05, 0) is 74.6 Å². The Balaban J connectivity index is 1.70. The minimum atomic E-state index is -0.749. The van der Waals surface area contributed by atoms with Gasteiger partial charge in [0.05, 0.1) is 7.11 Å². The maximum Gasteiger partial charge on any atom is 0.253 e. The zero-order valence-corrected chi connectivity index (χ0v) is 19.8. The number of halogens is 1. The summed E-state index contributed by atoms with van der Waals surface area (Å²) in [6.07, 6.45) is 1.90. The number of hydrogen-bond donors (Lipinski definition) is 2. The van der Waals surface area contributed by atoms with Crippen LogP contribution in [0, 0.1) is 11.7 Å². The van der Waals surface area contributed by atoms with Gasteiger partial charge >= 0.3 is 0 Å². The third kappa shape index (κ3) is 6.34. The number of methoxy groups -OCH3 is 1. The van der Waals surface area contributed by atoms with Crippen molar-refractivity contribution in [3.8, 4) is 5.75 Å². The molecule has 34 heavy (non-hydrogen) atoms. The molecule has 2 aromatic rings. The summed E-state index contributed by atoms with van der Waals surface area (Å²) in [6.45, 7) is 4.83. The fourth-order valence-electron chi connectivity index (χ4n) is 4.03. The first-order valence-electron chi connectivity index (χ1n) is 11.6. The van der Waals surface area contributed by atoms with Crippen molar-refractivity contribution < 1.29 is 23.5 Å². The highest BCUT2D eigenvalue weighted by Crippen LogP contribution is 2.24. The van der Waals surface area contributed by atoms with Crippen LogP contribution in [0.5, 0.6) is 5.75 Å². The zero-order valence-electron chi connectivity index (χ0n) is 19.8. The SMILES string of the molecule is CC[C@@H](C)NC(=O)[C@H](NC(=O)c1ccc(F)cc1)C1CCN(C(=O)c2cccc(OC)c2)CC1. The van der Waals surface area contributed by atoms with E-state index in [0.29, 0.717) is 37.2 Å². The van der Waals surface area contributed by atoms with E-state index in [9.17, 15) is 18.8 Å². The van der Waals surface area contributed by atoms with Crippen LogP contribution in [0.25, 0.3) is 0 Å². The fourth-order valence-corrected chi connectivity index (χ4v) is 4.03. The number of hydrogen-bond acceptors (Lipinski definition) is 4. The standard InChI is InChI=1S/C26H32FN3O4/c1-4-17(2)28-25(32)23(29-24(31)19-8-10-21(27)11-9-19)18-12-14-30(15-13-18)26(33)20-6-5-7-22(16-20)34-3/h5-11,16-18,23H,4,12-15H2,1-3H3,(H,28,32)(H,29,31)/t17-,23-/m1/s1. The smallest absolute Gasteiger partial charge is 0.253 e. The molecule has 1 fully saturated rings. The van der Waals surface area contributed by atoms with Crippen molar-refractivity contribution in [2.75, 3.05) is 20.2 Å². The molecular formula is C26H32FN3O4. The van der Waals surface area contributed by atoms with Crippen molar-refractivity contribution in [3.63, 3.8) is 0 Å². The molecule has 3 amide bonds. The maximum absolute atomic E-state index is 13.2. The van der Waals surface area contributed by atoms with Gasteiger partial charge in [-0.1, -0.05) is 13.0 Å². The van der Waals surface area contributed by atoms with Crippen LogP contribution < -0.4 is 15.4 Å². The van der Waals surface area contributed by atoms with Crippen LogP contribution in [0.4, 0.5) is 4.39 Å². The highest BCUT2D eigenvalue weighted by molar-refractivity contribution is 5.98. The van der Waals surface area contributed by atoms with E-state index in [-0.39, 0.29) is 29.3 Å². The first-order chi connectivity index (χ1) is 16.3. The number of benzene rings is 2. The monoisotopic (exact) mass is 469 g/mol. The van der Waals surface area contributed by atoms with Gasteiger partial charge in [0.15, 0.2) is 0 Å². The van der Waals surface area contributed by atoms with Gasteiger partial charge < -0.3 is 20.3 Å². The molecule has 0 bridgehead atoms. The molecular weight excluding hydrogens is 437 g/mol. The van der Waals surface area contributed by atoms with Crippen molar-refractivity contribution in [1.29, 1.82) is 0 Å². The molecule has 182 valence electrons. The van der Waals surface area contributed by atoms with E-state index in [2.05, 4.69) is 10.6 Å². The van der Waals surface area contributed by atoms with E-state index in [1.165, 1.54) is 24.3 Å². The molecule has 2 aromatic carbocycles. The lowest BCUT2D eigenvalue weighted by atomic mass is 9.88. The second-order valence-corrected chi connectivity index (χ2v) is 8.64. The largest absolute Gasteiger partial charge is 0.497 e. The van der Waals surface area contributed by atoms with Gasteiger partial charge in [0.2, 0.25) is 5.91 Å². The van der Waals surface area contributed by atoms with Gasteiger partial charge in [-0.25, -0.2) is 4.39 Å². The first kappa shape index (κ1) is 25.2. The van der Waals surface area contributed by atoms with Crippen LogP contribution in [-0.2, 0) is 4.79 Å². The second-order valence-electron chi connectivity index (χ2n) is 8.64. The summed E-state index contributed by atoms with van der Waals surface area (Å²) in [5.74, 6) is -0.723. The van der Waals surface area contributed by atoms with Crippen LogP contribution in [-0.4, -0.2) is 54.9 Å². The fraction of sp³-hybridized carbons (Fsp3) is 0.423. The van der Waals surface area contributed by atoms with E-state index in [1.54, 1.807) is 36.3 Å². The van der Waals surface area contributed by atoms with E-state index in [1.807, 2.05) is 13.8 Å². The van der Waals surface area contributed by atoms with Gasteiger partial charge in [-0.15, -0.1) is 0 Å². The number of carbonyl (C=O) groups excluding carboxylic acids is 3. The number of amides is 3. The Morgan fingerprint density at radius 1 is 1.06 bits per heavy atom. The molecule has 0 unspecified atom stereocenters. The van der Waals surface area contributed by atoms with Crippen molar-refractivity contribution >= 4 is 17.7 Å². The van der Waals surface area contributed by atoms with Crippen molar-refractivity contribution in [3.05, 3.63) is 65.5 Å². The summed E-state index contributed by atoms with van der Waals surface area (Å²) < 4.78 is 18.5. The lowest BCUT2D eigenvalue weighted by Crippen LogP contribution is -2.55. The van der Waals surface area contributed by atoms with E-state index >= 15 is 0 Å². The lowest BCUT2D eigenvalue weighted by Gasteiger charge is -2.36. The highest BCUT2D eigenvalue weighted by Gasteiger charge is 2.34. The average Bonchev–Trinajstić information content (AvgIpc) is 2.87. The van der Waals surface area contributed by atoms with Gasteiger partial charge in [-0.3, -0.25) is 14.4 Å². The van der Waals surface area contributed by atoms with Crippen LogP contribution in [0.1, 0.15) is 53.8 Å². The molecule has 1 heterocycles. The van der Waals surface area contributed by atoms with Gasteiger partial charge in [-0.2, -0.15) is 0 Å². The lowest BCUT2D eigenvalue weighted by molar-refractivity contribution is -0.125. The normalized spacial score (nSPS) is 15.8. The summed E-state index contributed by atoms with van der Waals surface area (Å²) in [4.78, 5) is 40.6. The Labute approximate surface area is 199 Å². The number of nitrogens with one attached hydrogen (secondary N) is 2. The van der Waals surface area contributed by atoms with Gasteiger partial charge in [0.1, 0.15) is 17.6 Å². The zero-order chi connectivity index (χ0) is 24.7. The molecule has 2 N–H and O–H groups in total. The average molecular weight is 470 g/mol. The molecule has 1 aliphatic heterocycles. The number of likely N-dealkylation sites (tertiary alicyclic amines) is 1. The summed E-state index contributed by atoms with van der Waals surface area (Å²) in [5, 5.41) is 5.81. The number of ether oxygens (including phenoxy) is 1. The van der Waals surface area contributed by atoms with E-state index < -0.39 is 17.8 Å². The van der Waals surface area contributed by atoms with Gasteiger partial charge in [0, 0.05) is 30.3 Å². The topological polar surface area (TPSA) is 87.7 Å². The summed E-state index contributed by atoms with van der Waals surface area (Å²) >= 11 is 0. The van der Waals surface area contributed by atoms with Crippen LogP contribution in [0.15, 0.2) is 48.5 Å². The molecule has 0 aliphatic carbocycles. The number of rotatable bonds is 8. The number of carbonyl (C=O) groups is 3. The second kappa shape index (κ2) is 11.6. The van der Waals surface area contributed by atoms with Crippen molar-refractivity contribution in [1.82, 2.24) is 15.5 Å². The minimum Gasteiger partial charge on any atom is -0.497 e. The summed E-state index contributed by atoms with van der Waals surface area (Å²) in [6, 6.07) is 11.5. The predicted octanol–water partition coefficient (Wildman–Crippen LogP) is 3.40. The molecule has 0 radical (unpaired) electrons. The predicted molar refractivity (Wildman–Crippen MR) is 127 cm³/mol. The Hall–Kier alpha value is -3.42. The minimum absolute atomic E-state index is 0.0348. The Kier molecular flexibility index (Phi) is 8.62. The van der Waals surface area contributed by atoms with Gasteiger partial charge in [0.25, 0.3) is 11.8 Å². The Morgan fingerprint density at radius 3 is 2.35 bits per heavy atom. The van der Waals surface area contributed by atoms with Crippen molar-refractivity contribution in [2.24, 2.45) is 5.92 Å². The maximum atomic E-state index is 13.2. The highest BCUT2D eigenvalue weighted by atomic mass is 19.1. The van der Waals surface area contributed by atoms with E-state index in [4.69, 9.17) is 4.74 Å². The first-order valence-corrected chi connectivity index (χ1v) is 11.6. The summed E-state index contributed by atoms with van der Waals surface area (Å²) in [7, 11) is 1.56. The van der Waals surface area contributed by atoms with Crippen LogP contribution in [0.3, 0.4) is 0 Å². The Morgan fingerprint density at radius 2 is 1.74 bits per heavy atom. The molecule has 3 rings (SSSR count). The third-order valence-electron chi connectivity index (χ3n) is 6.29.